The minimum Gasteiger partial charge on any atom is -0.383 e. The predicted octanol–water partition coefficient (Wildman–Crippen LogP) is 2.10. The molecule has 7 nitrogen and oxygen atoms in total. The topological polar surface area (TPSA) is 81.0 Å². The molecule has 0 bridgehead atoms. The molecule has 10 heteroatoms. The third kappa shape index (κ3) is 4.78. The Morgan fingerprint density at radius 2 is 2.07 bits per heavy atom. The second-order valence-corrected chi connectivity index (χ2v) is 9.96. The first-order chi connectivity index (χ1) is 12.8. The van der Waals surface area contributed by atoms with Crippen LogP contribution >= 0.6 is 22.9 Å². The van der Waals surface area contributed by atoms with Crippen LogP contribution in [0.15, 0.2) is 23.2 Å². The molecule has 0 saturated carbocycles. The Morgan fingerprint density at radius 1 is 1.37 bits per heavy atom. The molecule has 27 heavy (non-hydrogen) atoms. The Hall–Kier alpha value is -1.26. The second-order valence-electron chi connectivity index (χ2n) is 6.53. The number of carbonyl (C=O) groups is 1. The number of hydrogen-bond acceptors (Lipinski definition) is 5. The lowest BCUT2D eigenvalue weighted by Crippen LogP contribution is -2.39. The van der Waals surface area contributed by atoms with Gasteiger partial charge in [-0.25, -0.2) is 12.7 Å². The number of rotatable bonds is 5. The van der Waals surface area contributed by atoms with Crippen LogP contribution in [-0.2, 0) is 26.1 Å². The number of aromatic nitrogens is 1. The van der Waals surface area contributed by atoms with E-state index in [0.717, 1.165) is 10.2 Å². The Balaban J connectivity index is 1.87. The van der Waals surface area contributed by atoms with E-state index in [1.165, 1.54) is 21.9 Å². The first kappa shape index (κ1) is 20.5. The molecular formula is C17H22ClN3O4S2. The molecule has 1 amide bonds. The van der Waals surface area contributed by atoms with Gasteiger partial charge in [-0.05, 0) is 31.0 Å². The Bertz CT molecular complexity index is 1000. The van der Waals surface area contributed by atoms with E-state index in [0.29, 0.717) is 48.9 Å². The summed E-state index contributed by atoms with van der Waals surface area (Å²) in [7, 11) is -1.58. The lowest BCUT2D eigenvalue weighted by molar-refractivity contribution is -0.122. The van der Waals surface area contributed by atoms with Crippen molar-refractivity contribution in [1.29, 1.82) is 0 Å². The summed E-state index contributed by atoms with van der Waals surface area (Å²) in [6, 6.07) is 5.59. The number of nitrogens with zero attached hydrogens (tertiary/aromatic N) is 3. The number of methoxy groups -OCH3 is 1. The molecule has 2 aromatic rings. The van der Waals surface area contributed by atoms with E-state index in [9.17, 15) is 13.2 Å². The van der Waals surface area contributed by atoms with Crippen molar-refractivity contribution in [2.75, 3.05) is 33.1 Å². The normalized spacial score (nSPS) is 17.7. The molecule has 0 radical (unpaired) electrons. The number of sulfonamides is 1. The number of thiazole rings is 1. The van der Waals surface area contributed by atoms with Crippen molar-refractivity contribution in [3.8, 4) is 0 Å². The van der Waals surface area contributed by atoms with E-state index < -0.39 is 10.0 Å². The van der Waals surface area contributed by atoms with Gasteiger partial charge in [0.1, 0.15) is 0 Å². The number of ether oxygens (including phenoxy) is 1. The highest BCUT2D eigenvalue weighted by molar-refractivity contribution is 7.88. The molecule has 3 rings (SSSR count). The molecule has 1 aromatic heterocycles. The van der Waals surface area contributed by atoms with Crippen LogP contribution < -0.4 is 4.80 Å². The van der Waals surface area contributed by atoms with Crippen molar-refractivity contribution in [1.82, 2.24) is 8.87 Å². The van der Waals surface area contributed by atoms with Gasteiger partial charge in [-0.1, -0.05) is 22.9 Å². The van der Waals surface area contributed by atoms with Crippen LogP contribution in [0.25, 0.3) is 10.2 Å². The van der Waals surface area contributed by atoms with E-state index in [4.69, 9.17) is 16.3 Å². The highest BCUT2D eigenvalue weighted by Gasteiger charge is 2.28. The third-order valence-electron chi connectivity index (χ3n) is 4.64. The molecule has 0 aliphatic carbocycles. The van der Waals surface area contributed by atoms with Crippen LogP contribution in [0.1, 0.15) is 12.8 Å². The average molecular weight is 432 g/mol. The Labute approximate surface area is 167 Å². The number of benzene rings is 1. The quantitative estimate of drug-likeness (QED) is 0.726. The highest BCUT2D eigenvalue weighted by atomic mass is 35.5. The monoisotopic (exact) mass is 431 g/mol. The molecule has 0 unspecified atom stereocenters. The van der Waals surface area contributed by atoms with Gasteiger partial charge in [0, 0.05) is 37.7 Å². The van der Waals surface area contributed by atoms with E-state index >= 15 is 0 Å². The third-order valence-corrected chi connectivity index (χ3v) is 7.22. The summed E-state index contributed by atoms with van der Waals surface area (Å²) in [4.78, 5) is 17.7. The predicted molar refractivity (Wildman–Crippen MR) is 106 cm³/mol. The molecule has 1 aromatic carbocycles. The zero-order chi connectivity index (χ0) is 19.6. The molecule has 0 N–H and O–H groups in total. The molecular weight excluding hydrogens is 410 g/mol. The van der Waals surface area contributed by atoms with Gasteiger partial charge in [0.2, 0.25) is 10.0 Å². The summed E-state index contributed by atoms with van der Waals surface area (Å²) < 4.78 is 32.7. The standard InChI is InChI=1S/C17H22ClN3O4S2/c1-25-10-9-21-14-4-3-13(18)11-15(14)26-17(21)19-16(22)12-5-7-20(8-6-12)27(2,23)24/h3-4,11-12H,5-10H2,1-2H3. The zero-order valence-electron chi connectivity index (χ0n) is 15.2. The van der Waals surface area contributed by atoms with Gasteiger partial charge in [-0.2, -0.15) is 4.99 Å². The van der Waals surface area contributed by atoms with E-state index in [1.807, 2.05) is 22.8 Å². The number of piperidine rings is 1. The lowest BCUT2D eigenvalue weighted by Gasteiger charge is -2.28. The van der Waals surface area contributed by atoms with Crippen molar-refractivity contribution in [3.05, 3.63) is 28.0 Å². The fourth-order valence-corrected chi connectivity index (χ4v) is 5.36. The number of halogens is 1. The number of hydrogen-bond donors (Lipinski definition) is 0. The summed E-state index contributed by atoms with van der Waals surface area (Å²) in [5.41, 5.74) is 0.958. The molecule has 148 valence electrons. The fourth-order valence-electron chi connectivity index (χ4n) is 3.15. The maximum Gasteiger partial charge on any atom is 0.251 e. The summed E-state index contributed by atoms with van der Waals surface area (Å²) in [6.07, 6.45) is 2.18. The largest absolute Gasteiger partial charge is 0.383 e. The van der Waals surface area contributed by atoms with Gasteiger partial charge in [0.15, 0.2) is 4.80 Å². The smallest absolute Gasteiger partial charge is 0.251 e. The molecule has 2 heterocycles. The molecule has 0 atom stereocenters. The first-order valence-electron chi connectivity index (χ1n) is 8.61. The van der Waals surface area contributed by atoms with Gasteiger partial charge in [-0.3, -0.25) is 4.79 Å². The SMILES string of the molecule is COCCn1c(=NC(=O)C2CCN(S(C)(=O)=O)CC2)sc2cc(Cl)ccc21. The van der Waals surface area contributed by atoms with Gasteiger partial charge >= 0.3 is 0 Å². The van der Waals surface area contributed by atoms with Crippen LogP contribution in [0.5, 0.6) is 0 Å². The Morgan fingerprint density at radius 3 is 2.70 bits per heavy atom. The summed E-state index contributed by atoms with van der Waals surface area (Å²) in [5.74, 6) is -0.459. The fraction of sp³-hybridized carbons (Fsp3) is 0.529. The maximum atomic E-state index is 12.7. The van der Waals surface area contributed by atoms with Crippen LogP contribution in [0.2, 0.25) is 5.02 Å². The maximum absolute atomic E-state index is 12.7. The van der Waals surface area contributed by atoms with Crippen LogP contribution in [0.3, 0.4) is 0 Å². The number of fused-ring (bicyclic) bond motifs is 1. The number of amides is 1. The van der Waals surface area contributed by atoms with E-state index in [-0.39, 0.29) is 11.8 Å². The van der Waals surface area contributed by atoms with Crippen LogP contribution in [0.4, 0.5) is 0 Å². The summed E-state index contributed by atoms with van der Waals surface area (Å²) in [5, 5.41) is 0.633. The van der Waals surface area contributed by atoms with Gasteiger partial charge in [-0.15, -0.1) is 0 Å². The van der Waals surface area contributed by atoms with Crippen molar-refractivity contribution in [2.24, 2.45) is 10.9 Å². The van der Waals surface area contributed by atoms with Gasteiger partial charge in [0.05, 0.1) is 23.1 Å². The molecule has 1 aliphatic rings. The minimum atomic E-state index is -3.21. The average Bonchev–Trinajstić information content (AvgIpc) is 2.95. The van der Waals surface area contributed by atoms with Crippen molar-refractivity contribution < 1.29 is 17.9 Å². The summed E-state index contributed by atoms with van der Waals surface area (Å²) in [6.45, 7) is 1.80. The number of carbonyl (C=O) groups excluding carboxylic acids is 1. The Kier molecular flexibility index (Phi) is 6.37. The molecule has 1 saturated heterocycles. The highest BCUT2D eigenvalue weighted by Crippen LogP contribution is 2.23. The summed E-state index contributed by atoms with van der Waals surface area (Å²) >= 11 is 7.50. The second kappa shape index (κ2) is 8.40. The van der Waals surface area contributed by atoms with E-state index in [1.54, 1.807) is 7.11 Å². The zero-order valence-corrected chi connectivity index (χ0v) is 17.6. The van der Waals surface area contributed by atoms with Crippen molar-refractivity contribution in [2.45, 2.75) is 19.4 Å². The molecule has 0 spiro atoms. The lowest BCUT2D eigenvalue weighted by atomic mass is 9.98. The van der Waals surface area contributed by atoms with Crippen LogP contribution in [0, 0.1) is 5.92 Å². The van der Waals surface area contributed by atoms with Gasteiger partial charge in [0.25, 0.3) is 5.91 Å². The minimum absolute atomic E-state index is 0.202. The van der Waals surface area contributed by atoms with Crippen LogP contribution in [-0.4, -0.2) is 56.3 Å². The molecule has 1 fully saturated rings. The van der Waals surface area contributed by atoms with Crippen molar-refractivity contribution >= 4 is 49.1 Å². The van der Waals surface area contributed by atoms with Crippen molar-refractivity contribution in [3.63, 3.8) is 0 Å². The first-order valence-corrected chi connectivity index (χ1v) is 11.7. The van der Waals surface area contributed by atoms with Gasteiger partial charge < -0.3 is 9.30 Å². The molecule has 1 aliphatic heterocycles. The van der Waals surface area contributed by atoms with E-state index in [2.05, 4.69) is 4.99 Å².